The fourth-order valence-corrected chi connectivity index (χ4v) is 3.68. The molecule has 1 nitrogen and oxygen atoms in total. The fourth-order valence-electron chi connectivity index (χ4n) is 1.12. The predicted octanol–water partition coefficient (Wildman–Crippen LogP) is 4.73. The highest BCUT2D eigenvalue weighted by Gasteiger charge is 2.19. The Labute approximate surface area is 103 Å². The zero-order valence-corrected chi connectivity index (χ0v) is 13.0. The van der Waals surface area contributed by atoms with E-state index in [1.165, 1.54) is 0 Å². The van der Waals surface area contributed by atoms with Gasteiger partial charge in [0.15, 0.2) is 0 Å². The van der Waals surface area contributed by atoms with E-state index < -0.39 is 8.32 Å². The molecule has 0 unspecified atom stereocenters. The molecule has 0 N–H and O–H groups in total. The number of hydrogen-bond acceptors (Lipinski definition) is 1. The third-order valence-corrected chi connectivity index (χ3v) is 3.47. The molecule has 0 saturated heterocycles. The van der Waals surface area contributed by atoms with Gasteiger partial charge in [0.1, 0.15) is 5.75 Å². The van der Waals surface area contributed by atoms with E-state index in [0.717, 1.165) is 20.3 Å². The molecule has 0 saturated carbocycles. The summed E-state index contributed by atoms with van der Waals surface area (Å²) in [4.78, 5) is 0. The van der Waals surface area contributed by atoms with Crippen molar-refractivity contribution < 1.29 is 4.43 Å². The van der Waals surface area contributed by atoms with Crippen molar-refractivity contribution in [2.45, 2.75) is 26.6 Å². The zero-order valence-electron chi connectivity index (χ0n) is 8.82. The maximum absolute atomic E-state index is 5.99. The van der Waals surface area contributed by atoms with Crippen LogP contribution in [-0.4, -0.2) is 8.32 Å². The SMILES string of the molecule is Cc1cc(Br)cc(Br)c1O[Si](C)(C)C. The van der Waals surface area contributed by atoms with Crippen molar-refractivity contribution in [2.75, 3.05) is 0 Å². The Morgan fingerprint density at radius 2 is 1.71 bits per heavy atom. The van der Waals surface area contributed by atoms with Gasteiger partial charge in [-0.15, -0.1) is 0 Å². The van der Waals surface area contributed by atoms with Crippen LogP contribution in [0.4, 0.5) is 0 Å². The van der Waals surface area contributed by atoms with Crippen LogP contribution in [-0.2, 0) is 0 Å². The summed E-state index contributed by atoms with van der Waals surface area (Å²) in [6, 6.07) is 4.09. The van der Waals surface area contributed by atoms with Crippen molar-refractivity contribution in [2.24, 2.45) is 0 Å². The third-order valence-electron chi connectivity index (χ3n) is 1.60. The fraction of sp³-hybridized carbons (Fsp3) is 0.400. The van der Waals surface area contributed by atoms with Crippen molar-refractivity contribution in [3.8, 4) is 5.75 Å². The minimum Gasteiger partial charge on any atom is -0.543 e. The number of hydrogen-bond donors (Lipinski definition) is 0. The van der Waals surface area contributed by atoms with Crippen LogP contribution in [0.2, 0.25) is 19.6 Å². The van der Waals surface area contributed by atoms with E-state index in [9.17, 15) is 0 Å². The van der Waals surface area contributed by atoms with Crippen molar-refractivity contribution in [1.82, 2.24) is 0 Å². The summed E-state index contributed by atoms with van der Waals surface area (Å²) in [6.45, 7) is 8.60. The molecule has 78 valence electrons. The number of aryl methyl sites for hydroxylation is 1. The molecule has 0 bridgehead atoms. The second-order valence-corrected chi connectivity index (χ2v) is 10.4. The lowest BCUT2D eigenvalue weighted by molar-refractivity contribution is 0.549. The van der Waals surface area contributed by atoms with Gasteiger partial charge in [0.05, 0.1) is 4.47 Å². The van der Waals surface area contributed by atoms with Gasteiger partial charge in [-0.1, -0.05) is 15.9 Å². The van der Waals surface area contributed by atoms with Gasteiger partial charge >= 0.3 is 0 Å². The highest BCUT2D eigenvalue weighted by molar-refractivity contribution is 9.11. The molecule has 0 aliphatic heterocycles. The molecule has 0 atom stereocenters. The van der Waals surface area contributed by atoms with Gasteiger partial charge in [-0.2, -0.15) is 0 Å². The molecule has 14 heavy (non-hydrogen) atoms. The lowest BCUT2D eigenvalue weighted by Crippen LogP contribution is -2.29. The average Bonchev–Trinajstić information content (AvgIpc) is 1.95. The Hall–Kier alpha value is 0.197. The van der Waals surface area contributed by atoms with E-state index in [2.05, 4.69) is 64.5 Å². The summed E-state index contributed by atoms with van der Waals surface area (Å²) >= 11 is 6.97. The largest absolute Gasteiger partial charge is 0.543 e. The highest BCUT2D eigenvalue weighted by atomic mass is 79.9. The van der Waals surface area contributed by atoms with Crippen LogP contribution in [0, 0.1) is 6.92 Å². The maximum Gasteiger partial charge on any atom is 0.242 e. The van der Waals surface area contributed by atoms with Gasteiger partial charge in [0, 0.05) is 4.47 Å². The number of rotatable bonds is 2. The highest BCUT2D eigenvalue weighted by Crippen LogP contribution is 2.33. The second kappa shape index (κ2) is 4.37. The zero-order chi connectivity index (χ0) is 10.9. The van der Waals surface area contributed by atoms with Crippen molar-refractivity contribution >= 4 is 40.2 Å². The van der Waals surface area contributed by atoms with Crippen molar-refractivity contribution in [3.05, 3.63) is 26.6 Å². The normalized spacial score (nSPS) is 11.6. The van der Waals surface area contributed by atoms with E-state index >= 15 is 0 Å². The summed E-state index contributed by atoms with van der Waals surface area (Å²) in [5.74, 6) is 0.979. The standard InChI is InChI=1S/C10H14Br2OSi/c1-7-5-8(11)6-9(12)10(7)13-14(2,3)4/h5-6H,1-4H3. The molecule has 0 aromatic heterocycles. The van der Waals surface area contributed by atoms with Gasteiger partial charge < -0.3 is 4.43 Å². The first-order chi connectivity index (χ1) is 6.29. The monoisotopic (exact) mass is 336 g/mol. The summed E-state index contributed by atoms with van der Waals surface area (Å²) < 4.78 is 8.08. The van der Waals surface area contributed by atoms with E-state index in [1.54, 1.807) is 0 Å². The summed E-state index contributed by atoms with van der Waals surface area (Å²) in [5.41, 5.74) is 1.16. The molecule has 0 amide bonds. The van der Waals surface area contributed by atoms with Gasteiger partial charge in [-0.05, 0) is 60.2 Å². The quantitative estimate of drug-likeness (QED) is 0.708. The van der Waals surface area contributed by atoms with Crippen LogP contribution < -0.4 is 4.43 Å². The van der Waals surface area contributed by atoms with Crippen LogP contribution in [0.3, 0.4) is 0 Å². The Balaban J connectivity index is 3.09. The third kappa shape index (κ3) is 3.40. The molecule has 1 aromatic carbocycles. The molecule has 0 heterocycles. The Morgan fingerprint density at radius 1 is 1.14 bits per heavy atom. The molecule has 0 aliphatic rings. The molecule has 1 rings (SSSR count). The molecular weight excluding hydrogens is 324 g/mol. The first kappa shape index (κ1) is 12.3. The van der Waals surface area contributed by atoms with E-state index in [-0.39, 0.29) is 0 Å². The van der Waals surface area contributed by atoms with Gasteiger partial charge in [-0.25, -0.2) is 0 Å². The Kier molecular flexibility index (Phi) is 3.83. The smallest absolute Gasteiger partial charge is 0.242 e. The number of benzene rings is 1. The minimum absolute atomic E-state index is 0.979. The van der Waals surface area contributed by atoms with E-state index in [0.29, 0.717) is 0 Å². The Bertz CT molecular complexity index is 321. The first-order valence-corrected chi connectivity index (χ1v) is 9.44. The average molecular weight is 338 g/mol. The second-order valence-electron chi connectivity index (χ2n) is 4.25. The van der Waals surface area contributed by atoms with E-state index in [1.807, 2.05) is 6.07 Å². The lowest BCUT2D eigenvalue weighted by Gasteiger charge is -2.22. The van der Waals surface area contributed by atoms with Crippen LogP contribution >= 0.6 is 31.9 Å². The molecule has 0 fully saturated rings. The molecule has 0 spiro atoms. The summed E-state index contributed by atoms with van der Waals surface area (Å²) in [7, 11) is -1.52. The topological polar surface area (TPSA) is 9.23 Å². The predicted molar refractivity (Wildman–Crippen MR) is 70.6 cm³/mol. The first-order valence-electron chi connectivity index (χ1n) is 4.44. The van der Waals surface area contributed by atoms with Gasteiger partial charge in [0.25, 0.3) is 0 Å². The van der Waals surface area contributed by atoms with E-state index in [4.69, 9.17) is 4.43 Å². The van der Waals surface area contributed by atoms with Crippen molar-refractivity contribution in [3.63, 3.8) is 0 Å². The minimum atomic E-state index is -1.52. The van der Waals surface area contributed by atoms with Crippen molar-refractivity contribution in [1.29, 1.82) is 0 Å². The van der Waals surface area contributed by atoms with Crippen LogP contribution in [0.5, 0.6) is 5.75 Å². The summed E-state index contributed by atoms with van der Waals surface area (Å²) in [6.07, 6.45) is 0. The number of halogens is 2. The maximum atomic E-state index is 5.99. The molecule has 1 aromatic rings. The van der Waals surface area contributed by atoms with Gasteiger partial charge in [-0.3, -0.25) is 0 Å². The molecule has 0 radical (unpaired) electrons. The molecule has 4 heteroatoms. The Morgan fingerprint density at radius 3 is 2.14 bits per heavy atom. The molecule has 0 aliphatic carbocycles. The van der Waals surface area contributed by atoms with Crippen LogP contribution in [0.1, 0.15) is 5.56 Å². The lowest BCUT2D eigenvalue weighted by atomic mass is 10.2. The molecular formula is C10H14Br2OSi. The van der Waals surface area contributed by atoms with Crippen LogP contribution in [0.25, 0.3) is 0 Å². The van der Waals surface area contributed by atoms with Gasteiger partial charge in [0.2, 0.25) is 8.32 Å². The summed E-state index contributed by atoms with van der Waals surface area (Å²) in [5, 5.41) is 0. The van der Waals surface area contributed by atoms with Crippen LogP contribution in [0.15, 0.2) is 21.1 Å².